The van der Waals surface area contributed by atoms with Gasteiger partial charge in [0, 0.05) is 22.0 Å². The zero-order chi connectivity index (χ0) is 18.7. The van der Waals surface area contributed by atoms with Crippen LogP contribution >= 0.6 is 11.6 Å². The summed E-state index contributed by atoms with van der Waals surface area (Å²) in [5.74, 6) is -0.181. The van der Waals surface area contributed by atoms with Gasteiger partial charge in [0.05, 0.1) is 6.20 Å². The molecule has 0 saturated heterocycles. The monoisotopic (exact) mass is 369 g/mol. The number of halogens is 1. The summed E-state index contributed by atoms with van der Waals surface area (Å²) in [6, 6.07) is 11.9. The van der Waals surface area contributed by atoms with E-state index in [1.54, 1.807) is 43.3 Å². The maximum absolute atomic E-state index is 12.3. The van der Waals surface area contributed by atoms with Gasteiger partial charge in [-0.25, -0.2) is 0 Å². The van der Waals surface area contributed by atoms with E-state index in [9.17, 15) is 9.59 Å². The molecular weight excluding hydrogens is 354 g/mol. The molecule has 0 fully saturated rings. The van der Waals surface area contributed by atoms with Crippen LogP contribution in [0.15, 0.2) is 53.2 Å². The van der Waals surface area contributed by atoms with Crippen LogP contribution in [0.3, 0.4) is 0 Å². The van der Waals surface area contributed by atoms with Crippen molar-refractivity contribution in [1.82, 2.24) is 5.16 Å². The molecule has 0 aliphatic carbocycles. The summed E-state index contributed by atoms with van der Waals surface area (Å²) in [7, 11) is 0. The second-order valence-corrected chi connectivity index (χ2v) is 6.18. The Kier molecular flexibility index (Phi) is 5.04. The molecule has 2 amide bonds. The van der Waals surface area contributed by atoms with E-state index < -0.39 is 0 Å². The Morgan fingerprint density at radius 3 is 2.54 bits per heavy atom. The molecule has 132 valence electrons. The molecule has 3 aromatic rings. The van der Waals surface area contributed by atoms with Crippen molar-refractivity contribution >= 4 is 34.8 Å². The van der Waals surface area contributed by atoms with E-state index in [4.69, 9.17) is 16.1 Å². The van der Waals surface area contributed by atoms with Crippen LogP contribution in [0.25, 0.3) is 0 Å². The quantitative estimate of drug-likeness (QED) is 0.711. The van der Waals surface area contributed by atoms with Crippen LogP contribution in [0.1, 0.15) is 32.0 Å². The highest BCUT2D eigenvalue weighted by molar-refractivity contribution is 6.31. The molecule has 0 aliphatic rings. The number of benzene rings is 2. The fourth-order valence-electron chi connectivity index (χ4n) is 2.37. The standard InChI is InChI=1S/C19H16ClN3O3/c1-11-6-7-15(22-18(24)13-4-3-5-14(20)8-13)9-17(11)23-19(25)16-10-21-26-12(16)2/h3-10H,1-2H3,(H,22,24)(H,23,25). The topological polar surface area (TPSA) is 84.2 Å². The summed E-state index contributed by atoms with van der Waals surface area (Å²) in [5.41, 5.74) is 2.80. The van der Waals surface area contributed by atoms with E-state index in [1.807, 2.05) is 13.0 Å². The lowest BCUT2D eigenvalue weighted by molar-refractivity contribution is 0.101. The number of aromatic nitrogens is 1. The van der Waals surface area contributed by atoms with Gasteiger partial charge in [-0.15, -0.1) is 0 Å². The normalized spacial score (nSPS) is 10.4. The third-order valence-corrected chi connectivity index (χ3v) is 4.06. The molecule has 7 heteroatoms. The molecular formula is C19H16ClN3O3. The third kappa shape index (κ3) is 3.92. The lowest BCUT2D eigenvalue weighted by atomic mass is 10.1. The number of carbonyl (C=O) groups excluding carboxylic acids is 2. The fourth-order valence-corrected chi connectivity index (χ4v) is 2.56. The zero-order valence-electron chi connectivity index (χ0n) is 14.2. The molecule has 2 aromatic carbocycles. The Bertz CT molecular complexity index is 982. The average molecular weight is 370 g/mol. The largest absolute Gasteiger partial charge is 0.361 e. The lowest BCUT2D eigenvalue weighted by Gasteiger charge is -2.11. The van der Waals surface area contributed by atoms with Crippen molar-refractivity contribution in [3.05, 3.63) is 76.1 Å². The smallest absolute Gasteiger partial charge is 0.260 e. The van der Waals surface area contributed by atoms with E-state index in [0.29, 0.717) is 33.3 Å². The van der Waals surface area contributed by atoms with Gasteiger partial charge in [-0.3, -0.25) is 9.59 Å². The SMILES string of the molecule is Cc1ccc(NC(=O)c2cccc(Cl)c2)cc1NC(=O)c1cnoc1C. The van der Waals surface area contributed by atoms with Gasteiger partial charge in [0.15, 0.2) is 0 Å². The predicted molar refractivity (Wildman–Crippen MR) is 99.8 cm³/mol. The van der Waals surface area contributed by atoms with Crippen LogP contribution in [0.5, 0.6) is 0 Å². The molecule has 2 N–H and O–H groups in total. The minimum Gasteiger partial charge on any atom is -0.361 e. The Balaban J connectivity index is 1.78. The van der Waals surface area contributed by atoms with Gasteiger partial charge in [0.2, 0.25) is 0 Å². The van der Waals surface area contributed by atoms with Crippen molar-refractivity contribution in [1.29, 1.82) is 0 Å². The molecule has 0 atom stereocenters. The van der Waals surface area contributed by atoms with Crippen molar-refractivity contribution < 1.29 is 14.1 Å². The molecule has 26 heavy (non-hydrogen) atoms. The van der Waals surface area contributed by atoms with E-state index in [2.05, 4.69) is 15.8 Å². The first-order chi connectivity index (χ1) is 12.4. The summed E-state index contributed by atoms with van der Waals surface area (Å²) in [6.07, 6.45) is 1.37. The number of nitrogens with one attached hydrogen (secondary N) is 2. The molecule has 1 heterocycles. The molecule has 1 aromatic heterocycles. The first kappa shape index (κ1) is 17.7. The third-order valence-electron chi connectivity index (χ3n) is 3.83. The minimum absolute atomic E-state index is 0.288. The van der Waals surface area contributed by atoms with E-state index >= 15 is 0 Å². The van der Waals surface area contributed by atoms with Gasteiger partial charge in [0.1, 0.15) is 11.3 Å². The van der Waals surface area contributed by atoms with Crippen LogP contribution < -0.4 is 10.6 Å². The molecule has 0 bridgehead atoms. The Labute approximate surface area is 155 Å². The number of nitrogens with zero attached hydrogens (tertiary/aromatic N) is 1. The average Bonchev–Trinajstić information content (AvgIpc) is 3.04. The number of aryl methyl sites for hydroxylation is 2. The number of hydrogen-bond acceptors (Lipinski definition) is 4. The second kappa shape index (κ2) is 7.41. The first-order valence-corrected chi connectivity index (χ1v) is 8.22. The van der Waals surface area contributed by atoms with Crippen molar-refractivity contribution in [2.45, 2.75) is 13.8 Å². The fraction of sp³-hybridized carbons (Fsp3) is 0.105. The summed E-state index contributed by atoms with van der Waals surface area (Å²) < 4.78 is 4.91. The summed E-state index contributed by atoms with van der Waals surface area (Å²) in [4.78, 5) is 24.7. The lowest BCUT2D eigenvalue weighted by Crippen LogP contribution is -2.15. The van der Waals surface area contributed by atoms with Gasteiger partial charge < -0.3 is 15.2 Å². The molecule has 0 aliphatic heterocycles. The van der Waals surface area contributed by atoms with E-state index in [0.717, 1.165) is 5.56 Å². The highest BCUT2D eigenvalue weighted by Gasteiger charge is 2.15. The van der Waals surface area contributed by atoms with Crippen molar-refractivity contribution in [2.24, 2.45) is 0 Å². The number of hydrogen-bond donors (Lipinski definition) is 2. The van der Waals surface area contributed by atoms with Crippen LogP contribution in [-0.2, 0) is 0 Å². The highest BCUT2D eigenvalue weighted by atomic mass is 35.5. The van der Waals surface area contributed by atoms with Crippen molar-refractivity contribution in [3.8, 4) is 0 Å². The summed E-state index contributed by atoms with van der Waals surface area (Å²) >= 11 is 5.92. The van der Waals surface area contributed by atoms with Gasteiger partial charge in [-0.05, 0) is 49.7 Å². The molecule has 0 spiro atoms. The second-order valence-electron chi connectivity index (χ2n) is 5.74. The number of amides is 2. The van der Waals surface area contributed by atoms with E-state index in [1.165, 1.54) is 6.20 Å². The van der Waals surface area contributed by atoms with Crippen molar-refractivity contribution in [3.63, 3.8) is 0 Å². The maximum Gasteiger partial charge on any atom is 0.260 e. The zero-order valence-corrected chi connectivity index (χ0v) is 14.9. The van der Waals surface area contributed by atoms with E-state index in [-0.39, 0.29) is 11.8 Å². The summed E-state index contributed by atoms with van der Waals surface area (Å²) in [5, 5.41) is 9.68. The van der Waals surface area contributed by atoms with Crippen LogP contribution in [0.4, 0.5) is 11.4 Å². The number of rotatable bonds is 4. The van der Waals surface area contributed by atoms with Gasteiger partial charge in [0.25, 0.3) is 11.8 Å². The minimum atomic E-state index is -0.329. The predicted octanol–water partition coefficient (Wildman–Crippen LogP) is 4.45. The molecule has 3 rings (SSSR count). The Hall–Kier alpha value is -3.12. The maximum atomic E-state index is 12.3. The molecule has 6 nitrogen and oxygen atoms in total. The summed E-state index contributed by atoms with van der Waals surface area (Å²) in [6.45, 7) is 3.52. The molecule has 0 radical (unpaired) electrons. The molecule has 0 unspecified atom stereocenters. The first-order valence-electron chi connectivity index (χ1n) is 7.84. The van der Waals surface area contributed by atoms with Gasteiger partial charge in [-0.2, -0.15) is 0 Å². The van der Waals surface area contributed by atoms with Crippen LogP contribution in [0, 0.1) is 13.8 Å². The number of anilines is 2. The van der Waals surface area contributed by atoms with Crippen LogP contribution in [0.2, 0.25) is 5.02 Å². The number of carbonyl (C=O) groups is 2. The van der Waals surface area contributed by atoms with Gasteiger partial charge >= 0.3 is 0 Å². The molecule has 0 saturated carbocycles. The van der Waals surface area contributed by atoms with Gasteiger partial charge in [-0.1, -0.05) is 28.9 Å². The Morgan fingerprint density at radius 2 is 1.85 bits per heavy atom. The highest BCUT2D eigenvalue weighted by Crippen LogP contribution is 2.22. The Morgan fingerprint density at radius 1 is 1.04 bits per heavy atom. The van der Waals surface area contributed by atoms with Crippen molar-refractivity contribution in [2.75, 3.05) is 10.6 Å². The van der Waals surface area contributed by atoms with Crippen LogP contribution in [-0.4, -0.2) is 17.0 Å².